The van der Waals surface area contributed by atoms with Crippen LogP contribution in [0.4, 0.5) is 11.4 Å². The third kappa shape index (κ3) is 6.67. The number of carbonyl (C=O) groups excluding carboxylic acids is 1. The number of allylic oxidation sites excluding steroid dienone is 1. The molecule has 7 nitrogen and oxygen atoms in total. The van der Waals surface area contributed by atoms with E-state index in [-0.39, 0.29) is 5.91 Å². The Morgan fingerprint density at radius 3 is 2.44 bits per heavy atom. The van der Waals surface area contributed by atoms with Gasteiger partial charge in [0.15, 0.2) is 0 Å². The second kappa shape index (κ2) is 12.2. The highest BCUT2D eigenvalue weighted by atomic mass is 16.5. The molecule has 0 unspecified atom stereocenters. The predicted octanol–water partition coefficient (Wildman–Crippen LogP) is 5.90. The fourth-order valence-electron chi connectivity index (χ4n) is 4.89. The molecule has 5 rings (SSSR count). The van der Waals surface area contributed by atoms with Gasteiger partial charge in [-0.15, -0.1) is 0 Å². The molecule has 2 N–H and O–H groups in total. The minimum atomic E-state index is -0.117. The molecule has 0 radical (unpaired) electrons. The zero-order chi connectivity index (χ0) is 27.2. The molecule has 1 aromatic heterocycles. The van der Waals surface area contributed by atoms with Crippen molar-refractivity contribution in [1.82, 2.24) is 14.9 Å². The smallest absolute Gasteiger partial charge is 0.248 e. The number of H-pyrrole nitrogens is 1. The number of ether oxygens (including phenoxy) is 1. The van der Waals surface area contributed by atoms with Crippen molar-refractivity contribution in [2.45, 2.75) is 27.2 Å². The maximum absolute atomic E-state index is 11.9. The van der Waals surface area contributed by atoms with Crippen LogP contribution in [0.1, 0.15) is 26.3 Å². The molecule has 0 spiro atoms. The summed E-state index contributed by atoms with van der Waals surface area (Å²) in [5, 5.41) is 2.86. The minimum Gasteiger partial charge on any atom is -0.492 e. The van der Waals surface area contributed by atoms with E-state index in [1.54, 1.807) is 6.08 Å². The van der Waals surface area contributed by atoms with Gasteiger partial charge in [0.1, 0.15) is 23.7 Å². The van der Waals surface area contributed by atoms with Crippen LogP contribution in [0.3, 0.4) is 0 Å². The molecule has 1 saturated heterocycles. The highest BCUT2D eigenvalue weighted by Gasteiger charge is 2.20. The number of hydrogen-bond acceptors (Lipinski definition) is 5. The molecule has 0 bridgehead atoms. The number of anilines is 2. The van der Waals surface area contributed by atoms with Crippen molar-refractivity contribution in [3.05, 3.63) is 83.9 Å². The lowest BCUT2D eigenvalue weighted by Crippen LogP contribution is -2.47. The Bertz CT molecular complexity index is 1430. The van der Waals surface area contributed by atoms with E-state index in [0.29, 0.717) is 6.61 Å². The van der Waals surface area contributed by atoms with Crippen LogP contribution in [0.5, 0.6) is 5.75 Å². The van der Waals surface area contributed by atoms with Crippen LogP contribution in [0, 0.1) is 0 Å². The maximum atomic E-state index is 11.9. The number of fused-ring (bicyclic) bond motifs is 1. The Kier molecular flexibility index (Phi) is 8.27. The van der Waals surface area contributed by atoms with E-state index in [9.17, 15) is 4.79 Å². The van der Waals surface area contributed by atoms with Gasteiger partial charge in [-0.25, -0.2) is 4.98 Å². The molecule has 202 valence electrons. The molecule has 1 fully saturated rings. The van der Waals surface area contributed by atoms with Crippen LogP contribution in [-0.2, 0) is 11.2 Å². The van der Waals surface area contributed by atoms with Gasteiger partial charge in [0.05, 0.1) is 11.2 Å². The number of amides is 1. The van der Waals surface area contributed by atoms with Crippen molar-refractivity contribution in [2.75, 3.05) is 49.5 Å². The first-order chi connectivity index (χ1) is 19.0. The maximum Gasteiger partial charge on any atom is 0.248 e. The van der Waals surface area contributed by atoms with Crippen LogP contribution < -0.4 is 15.0 Å². The molecule has 1 aliphatic rings. The summed E-state index contributed by atoms with van der Waals surface area (Å²) in [7, 11) is 0. The van der Waals surface area contributed by atoms with Gasteiger partial charge in [0.2, 0.25) is 5.91 Å². The highest BCUT2D eigenvalue weighted by molar-refractivity contribution is 5.99. The van der Waals surface area contributed by atoms with E-state index in [2.05, 4.69) is 69.5 Å². The van der Waals surface area contributed by atoms with Crippen molar-refractivity contribution in [2.24, 2.45) is 0 Å². The quantitative estimate of drug-likeness (QED) is 0.267. The van der Waals surface area contributed by atoms with Gasteiger partial charge in [-0.1, -0.05) is 42.8 Å². The summed E-state index contributed by atoms with van der Waals surface area (Å²) in [5.74, 6) is 1.60. The Balaban J connectivity index is 1.12. The van der Waals surface area contributed by atoms with Crippen molar-refractivity contribution in [3.8, 4) is 17.1 Å². The SMILES string of the molecule is CCc1ccc(-c2nc3c(N4CCN(CCOc5ccc(NC(=O)C=C(C)C)cc5)CC4)cccc3[nH]2)cc1. The fraction of sp³-hybridized carbons (Fsp3) is 0.312. The van der Waals surface area contributed by atoms with Gasteiger partial charge in [0, 0.05) is 50.1 Å². The molecule has 2 heterocycles. The number of rotatable bonds is 9. The van der Waals surface area contributed by atoms with E-state index in [1.165, 1.54) is 11.3 Å². The van der Waals surface area contributed by atoms with Crippen molar-refractivity contribution < 1.29 is 9.53 Å². The van der Waals surface area contributed by atoms with E-state index >= 15 is 0 Å². The molecular weight excluding hydrogens is 486 g/mol. The standard InChI is InChI=1S/C32H37N5O2/c1-4-24-8-10-25(11-9-24)32-34-28-6-5-7-29(31(28)35-32)37-18-16-36(17-19-37)20-21-39-27-14-12-26(13-15-27)33-30(38)22-23(2)3/h5-15,22H,4,16-21H2,1-3H3,(H,33,38)(H,34,35). The van der Waals surface area contributed by atoms with E-state index in [1.807, 2.05) is 38.1 Å². The fourth-order valence-corrected chi connectivity index (χ4v) is 4.89. The summed E-state index contributed by atoms with van der Waals surface area (Å²) in [6.45, 7) is 11.3. The number of para-hydroxylation sites is 1. The van der Waals surface area contributed by atoms with Gasteiger partial charge < -0.3 is 19.9 Å². The molecule has 0 saturated carbocycles. The average Bonchev–Trinajstić information content (AvgIpc) is 3.39. The highest BCUT2D eigenvalue weighted by Crippen LogP contribution is 2.29. The summed E-state index contributed by atoms with van der Waals surface area (Å²) in [5.41, 5.74) is 7.46. The lowest BCUT2D eigenvalue weighted by Gasteiger charge is -2.36. The molecule has 0 aliphatic carbocycles. The van der Waals surface area contributed by atoms with Crippen LogP contribution in [0.25, 0.3) is 22.4 Å². The second-order valence-electron chi connectivity index (χ2n) is 10.2. The van der Waals surface area contributed by atoms with Crippen molar-refractivity contribution in [3.63, 3.8) is 0 Å². The molecule has 4 aromatic rings. The molecule has 1 aliphatic heterocycles. The lowest BCUT2D eigenvalue weighted by molar-refractivity contribution is -0.111. The monoisotopic (exact) mass is 523 g/mol. The third-order valence-electron chi connectivity index (χ3n) is 7.06. The van der Waals surface area contributed by atoms with Gasteiger partial charge in [0.25, 0.3) is 0 Å². The zero-order valence-electron chi connectivity index (χ0n) is 23.0. The molecule has 39 heavy (non-hydrogen) atoms. The average molecular weight is 524 g/mol. The molecule has 7 heteroatoms. The number of aromatic amines is 1. The topological polar surface area (TPSA) is 73.5 Å². The van der Waals surface area contributed by atoms with Crippen LogP contribution in [-0.4, -0.2) is 60.1 Å². The number of aryl methyl sites for hydroxylation is 1. The van der Waals surface area contributed by atoms with Gasteiger partial charge >= 0.3 is 0 Å². The Hall–Kier alpha value is -4.10. The predicted molar refractivity (Wildman–Crippen MR) is 160 cm³/mol. The van der Waals surface area contributed by atoms with Crippen LogP contribution in [0.2, 0.25) is 0 Å². The first-order valence-corrected chi connectivity index (χ1v) is 13.7. The van der Waals surface area contributed by atoms with E-state index < -0.39 is 0 Å². The minimum absolute atomic E-state index is 0.117. The number of aromatic nitrogens is 2. The number of benzene rings is 3. The first-order valence-electron chi connectivity index (χ1n) is 13.7. The van der Waals surface area contributed by atoms with Crippen LogP contribution in [0.15, 0.2) is 78.4 Å². The normalized spacial score (nSPS) is 13.9. The first kappa shape index (κ1) is 26.5. The third-order valence-corrected chi connectivity index (χ3v) is 7.06. The summed E-state index contributed by atoms with van der Waals surface area (Å²) in [6, 6.07) is 22.6. The number of imidazole rings is 1. The summed E-state index contributed by atoms with van der Waals surface area (Å²) < 4.78 is 5.97. The Morgan fingerprint density at radius 1 is 1.00 bits per heavy atom. The van der Waals surface area contributed by atoms with Gasteiger partial charge in [-0.3, -0.25) is 9.69 Å². The molecule has 1 amide bonds. The molecule has 3 aromatic carbocycles. The number of hydrogen-bond donors (Lipinski definition) is 2. The van der Waals surface area contributed by atoms with E-state index in [0.717, 1.165) is 78.6 Å². The summed E-state index contributed by atoms with van der Waals surface area (Å²) in [6.07, 6.45) is 2.62. The van der Waals surface area contributed by atoms with Crippen molar-refractivity contribution in [1.29, 1.82) is 0 Å². The van der Waals surface area contributed by atoms with Crippen molar-refractivity contribution >= 4 is 28.3 Å². The molecular formula is C32H37N5O2. The summed E-state index contributed by atoms with van der Waals surface area (Å²) in [4.78, 5) is 25.3. The molecule has 0 atom stereocenters. The van der Waals surface area contributed by atoms with Crippen LogP contribution >= 0.6 is 0 Å². The number of nitrogens with zero attached hydrogens (tertiary/aromatic N) is 3. The lowest BCUT2D eigenvalue weighted by atomic mass is 10.1. The van der Waals surface area contributed by atoms with E-state index in [4.69, 9.17) is 9.72 Å². The summed E-state index contributed by atoms with van der Waals surface area (Å²) >= 11 is 0. The Morgan fingerprint density at radius 2 is 1.74 bits per heavy atom. The zero-order valence-corrected chi connectivity index (χ0v) is 23.0. The number of nitrogens with one attached hydrogen (secondary N) is 2. The number of piperazine rings is 1. The second-order valence-corrected chi connectivity index (χ2v) is 10.2. The Labute approximate surface area is 230 Å². The van der Waals surface area contributed by atoms with Gasteiger partial charge in [-0.2, -0.15) is 0 Å². The van der Waals surface area contributed by atoms with Gasteiger partial charge in [-0.05, 0) is 62.2 Å². The number of carbonyl (C=O) groups is 1. The largest absolute Gasteiger partial charge is 0.492 e.